The van der Waals surface area contributed by atoms with Crippen LogP contribution in [0.25, 0.3) is 5.57 Å². The second kappa shape index (κ2) is 5.25. The fraction of sp³-hybridized carbons (Fsp3) is 0. The zero-order valence-electron chi connectivity index (χ0n) is 10.7. The Morgan fingerprint density at radius 3 is 1.40 bits per heavy atom. The Morgan fingerprint density at radius 2 is 1.00 bits per heavy atom. The van der Waals surface area contributed by atoms with Crippen molar-refractivity contribution in [1.82, 2.24) is 0 Å². The molecular formula is C18H12F2. The fourth-order valence-electron chi connectivity index (χ4n) is 2.27. The Kier molecular flexibility index (Phi) is 3.30. The summed E-state index contributed by atoms with van der Waals surface area (Å²) in [6, 6.07) is 12.7. The molecular weight excluding hydrogens is 254 g/mol. The summed E-state index contributed by atoms with van der Waals surface area (Å²) in [7, 11) is 0. The maximum Gasteiger partial charge on any atom is 0.123 e. The van der Waals surface area contributed by atoms with Crippen molar-refractivity contribution < 1.29 is 8.78 Å². The molecule has 0 saturated heterocycles. The van der Waals surface area contributed by atoms with Gasteiger partial charge in [-0.15, -0.1) is 0 Å². The molecule has 2 aromatic rings. The van der Waals surface area contributed by atoms with Crippen LogP contribution < -0.4 is 0 Å². The highest BCUT2D eigenvalue weighted by molar-refractivity contribution is 5.86. The molecule has 0 bridgehead atoms. The van der Waals surface area contributed by atoms with Crippen LogP contribution in [0.4, 0.5) is 8.78 Å². The van der Waals surface area contributed by atoms with E-state index in [1.54, 1.807) is 24.3 Å². The van der Waals surface area contributed by atoms with Gasteiger partial charge in [-0.1, -0.05) is 48.6 Å². The molecule has 0 aromatic heterocycles. The first-order valence-electron chi connectivity index (χ1n) is 6.35. The highest BCUT2D eigenvalue weighted by atomic mass is 19.1. The summed E-state index contributed by atoms with van der Waals surface area (Å²) < 4.78 is 26.2. The van der Waals surface area contributed by atoms with Crippen molar-refractivity contribution in [2.24, 2.45) is 0 Å². The predicted molar refractivity (Wildman–Crippen MR) is 77.1 cm³/mol. The summed E-state index contributed by atoms with van der Waals surface area (Å²) in [4.78, 5) is 0. The molecule has 0 atom stereocenters. The zero-order chi connectivity index (χ0) is 13.9. The van der Waals surface area contributed by atoms with Gasteiger partial charge in [-0.3, -0.25) is 0 Å². The van der Waals surface area contributed by atoms with Gasteiger partial charge in [0.05, 0.1) is 0 Å². The smallest absolute Gasteiger partial charge is 0.123 e. The monoisotopic (exact) mass is 266 g/mol. The Hall–Kier alpha value is -2.48. The van der Waals surface area contributed by atoms with E-state index < -0.39 is 0 Å². The minimum atomic E-state index is -0.269. The molecule has 1 aliphatic rings. The van der Waals surface area contributed by atoms with E-state index in [1.165, 1.54) is 24.3 Å². The van der Waals surface area contributed by atoms with Crippen LogP contribution in [0, 0.1) is 11.6 Å². The molecule has 0 heterocycles. The van der Waals surface area contributed by atoms with E-state index in [9.17, 15) is 8.78 Å². The first kappa shape index (κ1) is 12.5. The van der Waals surface area contributed by atoms with Crippen molar-refractivity contribution in [3.05, 3.63) is 101 Å². The normalized spacial score (nSPS) is 13.0. The van der Waals surface area contributed by atoms with Gasteiger partial charge in [-0.2, -0.15) is 0 Å². The molecule has 0 spiro atoms. The molecule has 0 unspecified atom stereocenters. The molecule has 0 fully saturated rings. The third-order valence-corrected chi connectivity index (χ3v) is 3.22. The zero-order valence-corrected chi connectivity index (χ0v) is 10.7. The Balaban J connectivity index is 2.17. The van der Waals surface area contributed by atoms with E-state index in [4.69, 9.17) is 0 Å². The van der Waals surface area contributed by atoms with Gasteiger partial charge >= 0.3 is 0 Å². The van der Waals surface area contributed by atoms with Crippen LogP contribution in [-0.2, 0) is 0 Å². The van der Waals surface area contributed by atoms with Crippen molar-refractivity contribution >= 4 is 5.57 Å². The third kappa shape index (κ3) is 2.45. The lowest BCUT2D eigenvalue weighted by atomic mass is 9.93. The predicted octanol–water partition coefficient (Wildman–Crippen LogP) is 4.89. The molecule has 20 heavy (non-hydrogen) atoms. The quantitative estimate of drug-likeness (QED) is 0.725. The van der Waals surface area contributed by atoms with Crippen molar-refractivity contribution in [1.29, 1.82) is 0 Å². The lowest BCUT2D eigenvalue weighted by Gasteiger charge is -2.11. The van der Waals surface area contributed by atoms with E-state index in [0.29, 0.717) is 0 Å². The molecule has 0 saturated carbocycles. The van der Waals surface area contributed by atoms with Crippen molar-refractivity contribution in [3.63, 3.8) is 0 Å². The van der Waals surface area contributed by atoms with Gasteiger partial charge < -0.3 is 0 Å². The molecule has 0 N–H and O–H groups in total. The molecule has 0 amide bonds. The van der Waals surface area contributed by atoms with Gasteiger partial charge in [0, 0.05) is 0 Å². The largest absolute Gasteiger partial charge is 0.207 e. The van der Waals surface area contributed by atoms with Crippen LogP contribution in [0.3, 0.4) is 0 Å². The summed E-state index contributed by atoms with van der Waals surface area (Å²) in [5.74, 6) is -0.538. The molecule has 0 aliphatic heterocycles. The van der Waals surface area contributed by atoms with Gasteiger partial charge in [0.2, 0.25) is 0 Å². The van der Waals surface area contributed by atoms with Gasteiger partial charge in [0.15, 0.2) is 0 Å². The van der Waals surface area contributed by atoms with Crippen LogP contribution in [0.15, 0.2) is 78.4 Å². The molecule has 0 radical (unpaired) electrons. The number of rotatable bonds is 2. The minimum absolute atomic E-state index is 0.269. The van der Waals surface area contributed by atoms with E-state index in [0.717, 1.165) is 22.3 Å². The number of benzene rings is 2. The Labute approximate surface area is 116 Å². The standard InChI is InChI=1S/C18H12F2/c19-16-9-5-14(6-10-16)18(13-3-1-2-4-13)15-7-11-17(20)12-8-15/h1-12H. The summed E-state index contributed by atoms with van der Waals surface area (Å²) in [5.41, 5.74) is 3.81. The maximum atomic E-state index is 13.1. The second-order valence-corrected chi connectivity index (χ2v) is 4.56. The number of hydrogen-bond acceptors (Lipinski definition) is 0. The fourth-order valence-corrected chi connectivity index (χ4v) is 2.27. The number of hydrogen-bond donors (Lipinski definition) is 0. The van der Waals surface area contributed by atoms with Gasteiger partial charge in [0.25, 0.3) is 0 Å². The molecule has 2 heteroatoms. The van der Waals surface area contributed by atoms with E-state index in [-0.39, 0.29) is 11.6 Å². The van der Waals surface area contributed by atoms with Crippen LogP contribution in [0.2, 0.25) is 0 Å². The SMILES string of the molecule is Fc1ccc(C(=C2C=CC=C2)c2ccc(F)cc2)cc1. The molecule has 3 rings (SSSR count). The topological polar surface area (TPSA) is 0 Å². The van der Waals surface area contributed by atoms with Crippen molar-refractivity contribution in [2.45, 2.75) is 0 Å². The number of allylic oxidation sites excluding steroid dienone is 5. The molecule has 98 valence electrons. The first-order chi connectivity index (χ1) is 9.74. The highest BCUT2D eigenvalue weighted by Gasteiger charge is 2.10. The summed E-state index contributed by atoms with van der Waals surface area (Å²) >= 11 is 0. The Morgan fingerprint density at radius 1 is 0.600 bits per heavy atom. The van der Waals surface area contributed by atoms with Crippen LogP contribution >= 0.6 is 0 Å². The van der Waals surface area contributed by atoms with E-state index in [2.05, 4.69) is 0 Å². The molecule has 2 aromatic carbocycles. The Bertz CT molecular complexity index is 641. The van der Waals surface area contributed by atoms with Crippen molar-refractivity contribution in [2.75, 3.05) is 0 Å². The second-order valence-electron chi connectivity index (χ2n) is 4.56. The number of halogens is 2. The average Bonchev–Trinajstić information content (AvgIpc) is 2.97. The van der Waals surface area contributed by atoms with Crippen LogP contribution in [0.1, 0.15) is 11.1 Å². The van der Waals surface area contributed by atoms with Crippen LogP contribution in [-0.4, -0.2) is 0 Å². The lowest BCUT2D eigenvalue weighted by molar-refractivity contribution is 0.627. The van der Waals surface area contributed by atoms with Crippen LogP contribution in [0.5, 0.6) is 0 Å². The summed E-state index contributed by atoms with van der Waals surface area (Å²) in [6.45, 7) is 0. The van der Waals surface area contributed by atoms with Gasteiger partial charge in [0.1, 0.15) is 11.6 Å². The molecule has 1 aliphatic carbocycles. The first-order valence-corrected chi connectivity index (χ1v) is 6.35. The van der Waals surface area contributed by atoms with Crippen molar-refractivity contribution in [3.8, 4) is 0 Å². The van der Waals surface area contributed by atoms with E-state index in [1.807, 2.05) is 24.3 Å². The van der Waals surface area contributed by atoms with E-state index >= 15 is 0 Å². The van der Waals surface area contributed by atoms with Gasteiger partial charge in [-0.25, -0.2) is 8.78 Å². The highest BCUT2D eigenvalue weighted by Crippen LogP contribution is 2.30. The summed E-state index contributed by atoms with van der Waals surface area (Å²) in [5, 5.41) is 0. The molecule has 0 nitrogen and oxygen atoms in total. The average molecular weight is 266 g/mol. The third-order valence-electron chi connectivity index (χ3n) is 3.22. The minimum Gasteiger partial charge on any atom is -0.207 e. The van der Waals surface area contributed by atoms with Gasteiger partial charge in [-0.05, 0) is 46.5 Å². The lowest BCUT2D eigenvalue weighted by Crippen LogP contribution is -1.92. The maximum absolute atomic E-state index is 13.1. The summed E-state index contributed by atoms with van der Waals surface area (Å²) in [6.07, 6.45) is 7.87.